The summed E-state index contributed by atoms with van der Waals surface area (Å²) in [5, 5.41) is 13.9. The predicted molar refractivity (Wildman–Crippen MR) is 389 cm³/mol. The van der Waals surface area contributed by atoms with Crippen LogP contribution in [0, 0.1) is 0 Å². The number of rotatable bonds is 64. The van der Waals surface area contributed by atoms with Crippen molar-refractivity contribution in [1.82, 2.24) is 5.32 Å². The van der Waals surface area contributed by atoms with Crippen molar-refractivity contribution in [3.63, 3.8) is 0 Å². The van der Waals surface area contributed by atoms with Crippen molar-refractivity contribution in [2.45, 2.75) is 289 Å². The molecule has 0 aliphatic rings. The number of nitrogens with one attached hydrogen (secondary N) is 1. The van der Waals surface area contributed by atoms with Crippen LogP contribution in [0.1, 0.15) is 277 Å². The smallest absolute Gasteiger partial charge is 0.268 e. The average molecular weight is 1250 g/mol. The van der Waals surface area contributed by atoms with E-state index in [0.29, 0.717) is 17.4 Å². The lowest BCUT2D eigenvalue weighted by Crippen LogP contribution is -2.45. The Hall–Kier alpha value is -4.14. The molecule has 0 saturated heterocycles. The van der Waals surface area contributed by atoms with Gasteiger partial charge in [-0.3, -0.25) is 9.36 Å². The molecule has 0 aliphatic carbocycles. The lowest BCUT2D eigenvalue weighted by molar-refractivity contribution is -0.870. The van der Waals surface area contributed by atoms with Crippen LogP contribution >= 0.6 is 7.82 Å². The standard InChI is InChI=1S/C80H135N2O6P/c1-6-8-10-12-14-16-18-20-22-24-26-28-30-32-34-35-36-37-38-39-40-41-42-43-44-45-46-47-48-50-52-54-56-58-60-62-64-66-68-70-72-74-80(84)81-78(77-88-89(85,86)87-76-75-82(3,4)5)79(83)73-71-69-67-65-63-61-59-57-55-53-51-49-33-31-29-27-25-23-21-19-17-15-13-11-9-7-2/h8,10,14,16,20,22,26,28,32,34,36-37,39-40,42-43,45-46,48,50,54-57,63,65,71,73,78-79,83H,6-7,9,11-13,15,17-19,21,23-25,27,29-31,33,35,38,41,44,47,49,51-53,58-62,64,66-70,72,74-77H2,1-5H3,(H-,81,84,85,86)/b10-8-,16-14-,22-20-,28-26-,34-32-,37-36-,40-39-,43-42-,46-45-,50-48-,56-54-,57-55+,65-63+,73-71+. The summed E-state index contributed by atoms with van der Waals surface area (Å²) in [7, 11) is 1.21. The van der Waals surface area contributed by atoms with Crippen LogP contribution in [-0.2, 0) is 18.4 Å². The zero-order valence-electron chi connectivity index (χ0n) is 57.8. The summed E-state index contributed by atoms with van der Waals surface area (Å²) < 4.78 is 23.4. The normalized spacial score (nSPS) is 14.6. The first kappa shape index (κ1) is 84.9. The zero-order valence-corrected chi connectivity index (χ0v) is 58.7. The van der Waals surface area contributed by atoms with Gasteiger partial charge in [-0.25, -0.2) is 0 Å². The summed E-state index contributed by atoms with van der Waals surface area (Å²) >= 11 is 0. The molecule has 0 fully saturated rings. The molecule has 3 unspecified atom stereocenters. The Kier molecular flexibility index (Phi) is 65.1. The summed E-state index contributed by atoms with van der Waals surface area (Å²) in [4.78, 5) is 25.6. The Morgan fingerprint density at radius 1 is 0.404 bits per heavy atom. The number of carbonyl (C=O) groups excluding carboxylic acids is 1. The van der Waals surface area contributed by atoms with Crippen LogP contribution in [0.5, 0.6) is 0 Å². The number of nitrogens with zero attached hydrogens (tertiary/aromatic N) is 1. The molecule has 0 rings (SSSR count). The van der Waals surface area contributed by atoms with Crippen molar-refractivity contribution in [3.8, 4) is 0 Å². The van der Waals surface area contributed by atoms with Crippen molar-refractivity contribution < 1.29 is 32.9 Å². The Balaban J connectivity index is 4.21. The van der Waals surface area contributed by atoms with Gasteiger partial charge in [0.1, 0.15) is 13.2 Å². The maximum Gasteiger partial charge on any atom is 0.268 e. The number of hydrogen-bond acceptors (Lipinski definition) is 6. The molecule has 89 heavy (non-hydrogen) atoms. The SMILES string of the molecule is CC/C=C\C/C=C\C/C=C\C/C=C\C/C=C\C/C=C\C/C=C\C/C=C\C/C=C\C/C=C\C/C=C\CCCCCCCCCC(=O)NC(COP(=O)([O-])OCC[N+](C)(C)C)C(O)/C=C/CC/C=C/CC/C=C/CCCCCCCCCCCCCCCCCC. The molecule has 9 heteroatoms. The molecule has 506 valence electrons. The highest BCUT2D eigenvalue weighted by Gasteiger charge is 2.23. The third-order valence-electron chi connectivity index (χ3n) is 15.1. The number of phosphoric ester groups is 1. The number of likely N-dealkylation sites (N-methyl/N-ethyl adjacent to an activating group) is 1. The highest BCUT2D eigenvalue weighted by atomic mass is 31.2. The molecule has 0 bridgehead atoms. The van der Waals surface area contributed by atoms with E-state index < -0.39 is 26.6 Å². The van der Waals surface area contributed by atoms with Crippen LogP contribution < -0.4 is 10.2 Å². The monoisotopic (exact) mass is 1250 g/mol. The van der Waals surface area contributed by atoms with Gasteiger partial charge in [0.2, 0.25) is 5.91 Å². The van der Waals surface area contributed by atoms with Gasteiger partial charge in [0.15, 0.2) is 0 Å². The fourth-order valence-corrected chi connectivity index (χ4v) is 10.3. The molecule has 0 aromatic rings. The Morgan fingerprint density at radius 2 is 0.697 bits per heavy atom. The maximum atomic E-state index is 13.0. The van der Waals surface area contributed by atoms with Gasteiger partial charge in [0.25, 0.3) is 7.82 Å². The van der Waals surface area contributed by atoms with Crippen molar-refractivity contribution >= 4 is 13.7 Å². The van der Waals surface area contributed by atoms with E-state index >= 15 is 0 Å². The van der Waals surface area contributed by atoms with Gasteiger partial charge in [-0.15, -0.1) is 0 Å². The molecule has 8 nitrogen and oxygen atoms in total. The number of unbranched alkanes of at least 4 members (excludes halogenated alkanes) is 25. The summed E-state index contributed by atoms with van der Waals surface area (Å²) in [6.45, 7) is 4.50. The second-order valence-electron chi connectivity index (χ2n) is 24.8. The molecule has 2 N–H and O–H groups in total. The summed E-state index contributed by atoms with van der Waals surface area (Å²) in [6.07, 6.45) is 108. The van der Waals surface area contributed by atoms with Crippen LogP contribution in [0.15, 0.2) is 170 Å². The van der Waals surface area contributed by atoms with Crippen LogP contribution in [0.25, 0.3) is 0 Å². The van der Waals surface area contributed by atoms with Gasteiger partial charge >= 0.3 is 0 Å². The van der Waals surface area contributed by atoms with Crippen molar-refractivity contribution in [1.29, 1.82) is 0 Å². The molecule has 0 aromatic carbocycles. The van der Waals surface area contributed by atoms with Crippen LogP contribution in [-0.4, -0.2) is 68.5 Å². The third kappa shape index (κ3) is 71.2. The summed E-state index contributed by atoms with van der Waals surface area (Å²) in [5.41, 5.74) is 0. The molecule has 0 aliphatic heterocycles. The van der Waals surface area contributed by atoms with Crippen LogP contribution in [0.3, 0.4) is 0 Å². The first-order valence-electron chi connectivity index (χ1n) is 36.0. The molecule has 0 saturated carbocycles. The Morgan fingerprint density at radius 3 is 1.04 bits per heavy atom. The number of carbonyl (C=O) groups is 1. The van der Waals surface area contributed by atoms with Gasteiger partial charge in [-0.05, 0) is 128 Å². The highest BCUT2D eigenvalue weighted by Crippen LogP contribution is 2.38. The highest BCUT2D eigenvalue weighted by molar-refractivity contribution is 7.45. The number of hydrogen-bond donors (Lipinski definition) is 2. The minimum absolute atomic E-state index is 0.0199. The number of quaternary nitrogens is 1. The molecule has 1 amide bonds. The molecular formula is C80H135N2O6P. The molecule has 0 spiro atoms. The van der Waals surface area contributed by atoms with E-state index in [9.17, 15) is 19.4 Å². The third-order valence-corrected chi connectivity index (χ3v) is 16.1. The van der Waals surface area contributed by atoms with Crippen molar-refractivity contribution in [3.05, 3.63) is 170 Å². The number of phosphoric acid groups is 1. The minimum Gasteiger partial charge on any atom is -0.756 e. The van der Waals surface area contributed by atoms with Gasteiger partial charge in [-0.2, -0.15) is 0 Å². The number of aliphatic hydroxyl groups is 1. The second kappa shape index (κ2) is 68.2. The fraction of sp³-hybridized carbons (Fsp3) is 0.637. The summed E-state index contributed by atoms with van der Waals surface area (Å²) in [6, 6.07) is -0.930. The fourth-order valence-electron chi connectivity index (χ4n) is 9.60. The second-order valence-corrected chi connectivity index (χ2v) is 26.2. The van der Waals surface area contributed by atoms with Gasteiger partial charge in [0.05, 0.1) is 39.9 Å². The minimum atomic E-state index is -4.63. The molecular weight excluding hydrogens is 1120 g/mol. The topological polar surface area (TPSA) is 108 Å². The van der Waals surface area contributed by atoms with Gasteiger partial charge < -0.3 is 28.8 Å². The van der Waals surface area contributed by atoms with Crippen LogP contribution in [0.2, 0.25) is 0 Å². The van der Waals surface area contributed by atoms with E-state index in [1.165, 1.54) is 128 Å². The predicted octanol–water partition coefficient (Wildman–Crippen LogP) is 22.9. The lowest BCUT2D eigenvalue weighted by atomic mass is 10.0. The lowest BCUT2D eigenvalue weighted by Gasteiger charge is -2.29. The summed E-state index contributed by atoms with van der Waals surface area (Å²) in [5.74, 6) is -0.228. The van der Waals surface area contributed by atoms with Crippen molar-refractivity contribution in [2.75, 3.05) is 40.9 Å². The Bertz CT molecular complexity index is 2060. The quantitative estimate of drug-likeness (QED) is 0.0272. The largest absolute Gasteiger partial charge is 0.756 e. The first-order chi connectivity index (χ1) is 43.5. The number of allylic oxidation sites excluding steroid dienone is 27. The van der Waals surface area contributed by atoms with Crippen LogP contribution in [0.4, 0.5) is 0 Å². The zero-order chi connectivity index (χ0) is 64.8. The van der Waals surface area contributed by atoms with E-state index in [-0.39, 0.29) is 12.5 Å². The molecule has 3 atom stereocenters. The van der Waals surface area contributed by atoms with E-state index in [2.05, 4.69) is 177 Å². The van der Waals surface area contributed by atoms with E-state index in [1.54, 1.807) is 6.08 Å². The van der Waals surface area contributed by atoms with Gasteiger partial charge in [0, 0.05) is 6.42 Å². The van der Waals surface area contributed by atoms with Gasteiger partial charge in [-0.1, -0.05) is 312 Å². The molecule has 0 radical (unpaired) electrons. The molecule has 0 heterocycles. The number of aliphatic hydroxyl groups excluding tert-OH is 1. The van der Waals surface area contributed by atoms with E-state index in [4.69, 9.17) is 9.05 Å². The average Bonchev–Trinajstić information content (AvgIpc) is 3.61. The van der Waals surface area contributed by atoms with E-state index in [1.807, 2.05) is 27.2 Å². The molecule has 0 aromatic heterocycles. The first-order valence-corrected chi connectivity index (χ1v) is 37.5. The Labute approximate surface area is 549 Å². The van der Waals surface area contributed by atoms with E-state index in [0.717, 1.165) is 128 Å². The van der Waals surface area contributed by atoms with Crippen molar-refractivity contribution in [2.24, 2.45) is 0 Å². The number of amides is 1. The maximum absolute atomic E-state index is 13.0.